The lowest BCUT2D eigenvalue weighted by Crippen LogP contribution is -2.17. The molecule has 1 amide bonds. The maximum absolute atomic E-state index is 12.0. The maximum Gasteiger partial charge on any atom is 0.257 e. The Bertz CT molecular complexity index is 584. The van der Waals surface area contributed by atoms with Crippen molar-refractivity contribution in [2.75, 3.05) is 5.32 Å². The zero-order chi connectivity index (χ0) is 13.0. The quantitative estimate of drug-likeness (QED) is 0.825. The summed E-state index contributed by atoms with van der Waals surface area (Å²) in [7, 11) is 0. The van der Waals surface area contributed by atoms with Gasteiger partial charge in [0.15, 0.2) is 0 Å². The van der Waals surface area contributed by atoms with E-state index in [-0.39, 0.29) is 10.9 Å². The molecule has 3 N–H and O–H groups in total. The van der Waals surface area contributed by atoms with Gasteiger partial charge in [-0.1, -0.05) is 24.4 Å². The van der Waals surface area contributed by atoms with Crippen molar-refractivity contribution in [3.05, 3.63) is 59.9 Å². The number of carbonyl (C=O) groups is 1. The number of nitrogens with zero attached hydrogens (tertiary/aromatic N) is 1. The third-order valence-electron chi connectivity index (χ3n) is 2.36. The van der Waals surface area contributed by atoms with Crippen LogP contribution < -0.4 is 11.1 Å². The Hall–Kier alpha value is -2.27. The number of benzene rings is 1. The minimum absolute atomic E-state index is 0.244. The highest BCUT2D eigenvalue weighted by Gasteiger charge is 2.09. The van der Waals surface area contributed by atoms with Crippen LogP contribution in [0.15, 0.2) is 48.8 Å². The van der Waals surface area contributed by atoms with Gasteiger partial charge in [-0.25, -0.2) is 0 Å². The molecule has 0 unspecified atom stereocenters. The van der Waals surface area contributed by atoms with E-state index in [2.05, 4.69) is 10.3 Å². The van der Waals surface area contributed by atoms with E-state index in [4.69, 9.17) is 18.0 Å². The van der Waals surface area contributed by atoms with E-state index >= 15 is 0 Å². The lowest BCUT2D eigenvalue weighted by Gasteiger charge is -2.09. The average Bonchev–Trinajstić information content (AvgIpc) is 2.40. The second-order valence-corrected chi connectivity index (χ2v) is 4.05. The van der Waals surface area contributed by atoms with Crippen molar-refractivity contribution in [2.45, 2.75) is 0 Å². The molecule has 1 heterocycles. The lowest BCUT2D eigenvalue weighted by molar-refractivity contribution is 0.102. The summed E-state index contributed by atoms with van der Waals surface area (Å²) in [5.41, 5.74) is 7.32. The first-order valence-corrected chi connectivity index (χ1v) is 5.69. The van der Waals surface area contributed by atoms with Crippen molar-refractivity contribution in [1.82, 2.24) is 4.98 Å². The van der Waals surface area contributed by atoms with Crippen molar-refractivity contribution in [3.8, 4) is 0 Å². The number of pyridine rings is 1. The number of thiocarbonyl (C=S) groups is 1. The van der Waals surface area contributed by atoms with Gasteiger partial charge in [0.25, 0.3) is 5.91 Å². The van der Waals surface area contributed by atoms with Crippen LogP contribution in [-0.2, 0) is 0 Å². The number of carbonyl (C=O) groups excluding carboxylic acids is 1. The zero-order valence-corrected chi connectivity index (χ0v) is 10.3. The molecule has 0 atom stereocenters. The fraction of sp³-hybridized carbons (Fsp3) is 0. The van der Waals surface area contributed by atoms with Crippen molar-refractivity contribution < 1.29 is 4.79 Å². The standard InChI is InChI=1S/C13H11N3OS/c14-12(18)10-5-1-2-6-11(10)16-13(17)9-4-3-7-15-8-9/h1-8H,(H2,14,18)(H,16,17). The molecular formula is C13H11N3OS. The van der Waals surface area contributed by atoms with Gasteiger partial charge in [-0.05, 0) is 24.3 Å². The molecule has 0 radical (unpaired) electrons. The minimum Gasteiger partial charge on any atom is -0.389 e. The smallest absolute Gasteiger partial charge is 0.257 e. The first kappa shape index (κ1) is 12.2. The van der Waals surface area contributed by atoms with Crippen molar-refractivity contribution in [3.63, 3.8) is 0 Å². The molecule has 0 aliphatic rings. The Morgan fingerprint density at radius 2 is 2.00 bits per heavy atom. The number of anilines is 1. The summed E-state index contributed by atoms with van der Waals surface area (Å²) in [6.45, 7) is 0. The summed E-state index contributed by atoms with van der Waals surface area (Å²) >= 11 is 4.93. The molecule has 0 bridgehead atoms. The van der Waals surface area contributed by atoms with Crippen molar-refractivity contribution in [2.24, 2.45) is 5.73 Å². The third kappa shape index (κ3) is 2.70. The van der Waals surface area contributed by atoms with Gasteiger partial charge >= 0.3 is 0 Å². The molecule has 0 aliphatic heterocycles. The zero-order valence-electron chi connectivity index (χ0n) is 9.46. The predicted octanol–water partition coefficient (Wildman–Crippen LogP) is 1.97. The van der Waals surface area contributed by atoms with Crippen LogP contribution in [0.1, 0.15) is 15.9 Å². The summed E-state index contributed by atoms with van der Waals surface area (Å²) in [6, 6.07) is 10.5. The van der Waals surface area contributed by atoms with Gasteiger partial charge in [-0.2, -0.15) is 0 Å². The highest BCUT2D eigenvalue weighted by atomic mass is 32.1. The molecule has 5 heteroatoms. The SMILES string of the molecule is NC(=S)c1ccccc1NC(=O)c1cccnc1. The number of para-hydroxylation sites is 1. The Morgan fingerprint density at radius 1 is 1.22 bits per heavy atom. The van der Waals surface area contributed by atoms with E-state index in [9.17, 15) is 4.79 Å². The second kappa shape index (κ2) is 5.37. The number of hydrogen-bond acceptors (Lipinski definition) is 3. The molecule has 18 heavy (non-hydrogen) atoms. The second-order valence-electron chi connectivity index (χ2n) is 3.61. The maximum atomic E-state index is 12.0. The van der Waals surface area contributed by atoms with E-state index < -0.39 is 0 Å². The summed E-state index contributed by atoms with van der Waals surface area (Å²) in [5.74, 6) is -0.244. The molecule has 90 valence electrons. The summed E-state index contributed by atoms with van der Waals surface area (Å²) in [4.78, 5) is 16.1. The Labute approximate surface area is 110 Å². The van der Waals surface area contributed by atoms with Gasteiger partial charge in [-0.15, -0.1) is 0 Å². The predicted molar refractivity (Wildman–Crippen MR) is 74.5 cm³/mol. The molecule has 1 aromatic heterocycles. The molecule has 0 aliphatic carbocycles. The molecule has 0 fully saturated rings. The number of hydrogen-bond donors (Lipinski definition) is 2. The largest absolute Gasteiger partial charge is 0.389 e. The van der Waals surface area contributed by atoms with E-state index in [0.29, 0.717) is 16.8 Å². The fourth-order valence-corrected chi connectivity index (χ4v) is 1.68. The number of nitrogens with one attached hydrogen (secondary N) is 1. The van der Waals surface area contributed by atoms with Crippen LogP contribution in [0.5, 0.6) is 0 Å². The molecule has 4 nitrogen and oxygen atoms in total. The monoisotopic (exact) mass is 257 g/mol. The molecule has 2 rings (SSSR count). The highest BCUT2D eigenvalue weighted by Crippen LogP contribution is 2.15. The van der Waals surface area contributed by atoms with Gasteiger partial charge in [-0.3, -0.25) is 9.78 Å². The summed E-state index contributed by atoms with van der Waals surface area (Å²) in [6.07, 6.45) is 3.11. The highest BCUT2D eigenvalue weighted by molar-refractivity contribution is 7.80. The molecule has 0 spiro atoms. The van der Waals surface area contributed by atoms with E-state index in [1.807, 2.05) is 6.07 Å². The molecule has 1 aromatic carbocycles. The molecule has 0 saturated carbocycles. The van der Waals surface area contributed by atoms with Gasteiger partial charge < -0.3 is 11.1 Å². The van der Waals surface area contributed by atoms with Crippen LogP contribution in [0.4, 0.5) is 5.69 Å². The third-order valence-corrected chi connectivity index (χ3v) is 2.58. The minimum atomic E-state index is -0.244. The van der Waals surface area contributed by atoms with Gasteiger partial charge in [0, 0.05) is 18.0 Å². The van der Waals surface area contributed by atoms with Crippen LogP contribution in [0.2, 0.25) is 0 Å². The first-order chi connectivity index (χ1) is 8.68. The van der Waals surface area contributed by atoms with Crippen molar-refractivity contribution in [1.29, 1.82) is 0 Å². The van der Waals surface area contributed by atoms with Gasteiger partial charge in [0.2, 0.25) is 0 Å². The van der Waals surface area contributed by atoms with Crippen LogP contribution in [-0.4, -0.2) is 15.9 Å². The molecule has 0 saturated heterocycles. The van der Waals surface area contributed by atoms with Crippen LogP contribution in [0, 0.1) is 0 Å². The number of nitrogens with two attached hydrogens (primary N) is 1. The fourth-order valence-electron chi connectivity index (χ4n) is 1.50. The van der Waals surface area contributed by atoms with Crippen LogP contribution in [0.25, 0.3) is 0 Å². The van der Waals surface area contributed by atoms with Gasteiger partial charge in [0.05, 0.1) is 11.3 Å². The van der Waals surface area contributed by atoms with E-state index in [1.54, 1.807) is 36.5 Å². The molecular weight excluding hydrogens is 246 g/mol. The number of aromatic nitrogens is 1. The molecule has 2 aromatic rings. The van der Waals surface area contributed by atoms with E-state index in [1.165, 1.54) is 6.20 Å². The van der Waals surface area contributed by atoms with Crippen LogP contribution >= 0.6 is 12.2 Å². The topological polar surface area (TPSA) is 68.0 Å². The van der Waals surface area contributed by atoms with Crippen molar-refractivity contribution >= 4 is 28.8 Å². The van der Waals surface area contributed by atoms with Gasteiger partial charge in [0.1, 0.15) is 4.99 Å². The Kier molecular flexibility index (Phi) is 3.64. The number of amides is 1. The summed E-state index contributed by atoms with van der Waals surface area (Å²) in [5, 5.41) is 2.76. The van der Waals surface area contributed by atoms with E-state index in [0.717, 1.165) is 0 Å². The normalized spacial score (nSPS) is 9.78. The first-order valence-electron chi connectivity index (χ1n) is 5.28. The van der Waals surface area contributed by atoms with Crippen LogP contribution in [0.3, 0.4) is 0 Å². The lowest BCUT2D eigenvalue weighted by atomic mass is 10.1. The number of rotatable bonds is 3. The summed E-state index contributed by atoms with van der Waals surface area (Å²) < 4.78 is 0. The Balaban J connectivity index is 2.25. The Morgan fingerprint density at radius 3 is 2.67 bits per heavy atom. The average molecular weight is 257 g/mol.